The molecule has 0 aliphatic rings. The van der Waals surface area contributed by atoms with Gasteiger partial charge in [0.25, 0.3) is 0 Å². The predicted octanol–water partition coefficient (Wildman–Crippen LogP) is 5.40. The number of methoxy groups -OCH3 is 1. The normalized spacial score (nSPS) is 10.8. The third kappa shape index (κ3) is 4.18. The van der Waals surface area contributed by atoms with Gasteiger partial charge in [0, 0.05) is 29.0 Å². The fourth-order valence-corrected chi connectivity index (χ4v) is 4.10. The van der Waals surface area contributed by atoms with Crippen LogP contribution in [0.2, 0.25) is 0 Å². The zero-order chi connectivity index (χ0) is 21.1. The van der Waals surface area contributed by atoms with Gasteiger partial charge in [0.2, 0.25) is 0 Å². The second-order valence-corrected chi connectivity index (χ2v) is 7.52. The van der Waals surface area contributed by atoms with Gasteiger partial charge in [0.15, 0.2) is 0 Å². The van der Waals surface area contributed by atoms with Crippen molar-refractivity contribution in [1.82, 2.24) is 4.57 Å². The molecule has 0 saturated heterocycles. The molecule has 1 aromatic heterocycles. The summed E-state index contributed by atoms with van der Waals surface area (Å²) in [7, 11) is 1.61. The minimum atomic E-state index is -0.446. The molecule has 0 aliphatic carbocycles. The molecule has 29 heavy (non-hydrogen) atoms. The molecule has 0 radical (unpaired) electrons. The Kier molecular flexibility index (Phi) is 6.64. The molecule has 6 nitrogen and oxygen atoms in total. The van der Waals surface area contributed by atoms with Crippen LogP contribution < -0.4 is 9.47 Å². The summed E-state index contributed by atoms with van der Waals surface area (Å²) in [4.78, 5) is 24.3. The summed E-state index contributed by atoms with van der Waals surface area (Å²) in [5, 5.41) is 1.05. The first kappa shape index (κ1) is 21.4. The highest BCUT2D eigenvalue weighted by molar-refractivity contribution is 9.10. The van der Waals surface area contributed by atoms with Crippen molar-refractivity contribution >= 4 is 54.7 Å². The van der Waals surface area contributed by atoms with Gasteiger partial charge in [0.1, 0.15) is 11.5 Å². The molecule has 3 rings (SSSR count). The minimum absolute atomic E-state index is 0.253. The molecule has 0 bridgehead atoms. The van der Waals surface area contributed by atoms with Crippen LogP contribution in [0.5, 0.6) is 11.5 Å². The maximum Gasteiger partial charge on any atom is 0.340 e. The van der Waals surface area contributed by atoms with Gasteiger partial charge in [-0.15, -0.1) is 0 Å². The number of fused-ring (bicyclic) bond motifs is 1. The number of carbonyl (C=O) groups excluding carboxylic acids is 2. The molecule has 8 heteroatoms. The molecule has 0 unspecified atom stereocenters. The van der Waals surface area contributed by atoms with Gasteiger partial charge < -0.3 is 18.8 Å². The summed E-state index contributed by atoms with van der Waals surface area (Å²) < 4.78 is 18.4. The van der Waals surface area contributed by atoms with Gasteiger partial charge in [-0.2, -0.15) is 0 Å². The second-order valence-electron chi connectivity index (χ2n) is 6.10. The average Bonchev–Trinajstić information content (AvgIpc) is 3.01. The van der Waals surface area contributed by atoms with Crippen LogP contribution in [-0.2, 0) is 14.9 Å². The predicted molar refractivity (Wildman–Crippen MR) is 117 cm³/mol. The Morgan fingerprint density at radius 1 is 1.14 bits per heavy atom. The van der Waals surface area contributed by atoms with Crippen molar-refractivity contribution in [2.75, 3.05) is 13.7 Å². The molecule has 0 saturated carbocycles. The number of nitrogens with zero attached hydrogens (tertiary/aromatic N) is 1. The van der Waals surface area contributed by atoms with Crippen LogP contribution in [0.15, 0.2) is 40.9 Å². The van der Waals surface area contributed by atoms with Gasteiger partial charge in [-0.25, -0.2) is 4.79 Å². The third-order valence-electron chi connectivity index (χ3n) is 4.31. The van der Waals surface area contributed by atoms with Crippen LogP contribution in [0.25, 0.3) is 16.6 Å². The molecular formula is C21H19Br2NO5. The van der Waals surface area contributed by atoms with Crippen molar-refractivity contribution in [3.8, 4) is 17.2 Å². The van der Waals surface area contributed by atoms with Gasteiger partial charge in [0.05, 0.1) is 29.3 Å². The number of aromatic nitrogens is 1. The van der Waals surface area contributed by atoms with E-state index in [4.69, 9.17) is 14.2 Å². The Morgan fingerprint density at radius 2 is 1.83 bits per heavy atom. The summed E-state index contributed by atoms with van der Waals surface area (Å²) in [5.41, 5.74) is 2.79. The first-order chi connectivity index (χ1) is 13.9. The summed E-state index contributed by atoms with van der Waals surface area (Å²) in [5.74, 6) is 0.187. The van der Waals surface area contributed by atoms with Crippen LogP contribution in [0.3, 0.4) is 0 Å². The molecule has 0 atom stereocenters. The molecule has 0 N–H and O–H groups in total. The van der Waals surface area contributed by atoms with Crippen molar-refractivity contribution in [1.29, 1.82) is 0 Å². The number of ether oxygens (including phenoxy) is 3. The molecule has 2 aromatic carbocycles. The number of carbonyl (C=O) groups is 2. The van der Waals surface area contributed by atoms with Gasteiger partial charge in [-0.1, -0.05) is 15.9 Å². The Labute approximate surface area is 185 Å². The molecule has 0 fully saturated rings. The van der Waals surface area contributed by atoms with Crippen molar-refractivity contribution < 1.29 is 23.8 Å². The van der Waals surface area contributed by atoms with Crippen LogP contribution in [0, 0.1) is 0 Å². The first-order valence-corrected chi connectivity index (χ1v) is 10.7. The van der Waals surface area contributed by atoms with Gasteiger partial charge >= 0.3 is 11.9 Å². The van der Waals surface area contributed by atoms with Crippen LogP contribution in [0.4, 0.5) is 0 Å². The van der Waals surface area contributed by atoms with Crippen LogP contribution in [0.1, 0.15) is 29.9 Å². The van der Waals surface area contributed by atoms with Gasteiger partial charge in [-0.05, 0) is 59.3 Å². The molecule has 0 amide bonds. The van der Waals surface area contributed by atoms with Crippen molar-refractivity contribution in [2.24, 2.45) is 0 Å². The fraction of sp³-hybridized carbons (Fsp3) is 0.238. The lowest BCUT2D eigenvalue weighted by Gasteiger charge is -2.11. The molecule has 0 spiro atoms. The van der Waals surface area contributed by atoms with E-state index in [0.29, 0.717) is 26.5 Å². The lowest BCUT2D eigenvalue weighted by molar-refractivity contribution is -0.131. The van der Waals surface area contributed by atoms with Crippen LogP contribution >= 0.6 is 31.9 Å². The van der Waals surface area contributed by atoms with E-state index in [9.17, 15) is 9.59 Å². The summed E-state index contributed by atoms with van der Waals surface area (Å²) in [6.45, 7) is 3.34. The van der Waals surface area contributed by atoms with E-state index in [-0.39, 0.29) is 6.61 Å². The van der Waals surface area contributed by atoms with E-state index < -0.39 is 11.9 Å². The highest BCUT2D eigenvalue weighted by Gasteiger charge is 2.25. The van der Waals surface area contributed by atoms with E-state index in [1.54, 1.807) is 20.1 Å². The smallest absolute Gasteiger partial charge is 0.340 e. The number of alkyl halides is 1. The van der Waals surface area contributed by atoms with Crippen LogP contribution in [-0.4, -0.2) is 30.2 Å². The lowest BCUT2D eigenvalue weighted by atomic mass is 10.1. The quantitative estimate of drug-likeness (QED) is 0.245. The van der Waals surface area contributed by atoms with Crippen molar-refractivity contribution in [3.63, 3.8) is 0 Å². The maximum absolute atomic E-state index is 12.8. The summed E-state index contributed by atoms with van der Waals surface area (Å²) >= 11 is 6.97. The Morgan fingerprint density at radius 3 is 2.38 bits per heavy atom. The SMILES string of the molecule is CCOC(=O)c1c(CBr)n(-c2ccc(OC)cc2)c2cc(Br)c(OC(C)=O)cc12. The van der Waals surface area contributed by atoms with E-state index in [1.165, 1.54) is 6.92 Å². The monoisotopic (exact) mass is 523 g/mol. The molecule has 0 aliphatic heterocycles. The zero-order valence-electron chi connectivity index (χ0n) is 16.1. The standard InChI is InChI=1S/C21H19Br2NO5/c1-4-28-21(26)20-15-9-19(29-12(2)25)16(23)10-17(15)24(18(20)11-22)13-5-7-14(27-3)8-6-13/h5-10H,4,11H2,1-3H3. The Bertz CT molecular complexity index is 1070. The number of halogens is 2. The van der Waals surface area contributed by atoms with E-state index in [1.807, 2.05) is 34.9 Å². The van der Waals surface area contributed by atoms with E-state index >= 15 is 0 Å². The maximum atomic E-state index is 12.8. The first-order valence-electron chi connectivity index (χ1n) is 8.84. The van der Waals surface area contributed by atoms with E-state index in [0.717, 1.165) is 22.6 Å². The Balaban J connectivity index is 2.35. The number of hydrogen-bond acceptors (Lipinski definition) is 5. The topological polar surface area (TPSA) is 66.8 Å². The highest BCUT2D eigenvalue weighted by Crippen LogP contribution is 2.38. The van der Waals surface area contributed by atoms with Gasteiger partial charge in [-0.3, -0.25) is 4.79 Å². The molecule has 152 valence electrons. The fourth-order valence-electron chi connectivity index (χ4n) is 3.16. The summed E-state index contributed by atoms with van der Waals surface area (Å²) in [6, 6.07) is 11.0. The number of esters is 2. The Hall–Kier alpha value is -2.32. The number of benzene rings is 2. The molecule has 3 aromatic rings. The largest absolute Gasteiger partial charge is 0.497 e. The average molecular weight is 525 g/mol. The number of hydrogen-bond donors (Lipinski definition) is 0. The molecule has 1 heterocycles. The lowest BCUT2D eigenvalue weighted by Crippen LogP contribution is -2.08. The third-order valence-corrected chi connectivity index (χ3v) is 5.46. The van der Waals surface area contributed by atoms with E-state index in [2.05, 4.69) is 31.9 Å². The van der Waals surface area contributed by atoms with Crippen molar-refractivity contribution in [2.45, 2.75) is 19.2 Å². The highest BCUT2D eigenvalue weighted by atomic mass is 79.9. The van der Waals surface area contributed by atoms with Crippen molar-refractivity contribution in [3.05, 3.63) is 52.1 Å². The minimum Gasteiger partial charge on any atom is -0.497 e. The number of rotatable bonds is 6. The zero-order valence-corrected chi connectivity index (χ0v) is 19.3. The molecular weight excluding hydrogens is 506 g/mol. The summed E-state index contributed by atoms with van der Waals surface area (Å²) in [6.07, 6.45) is 0. The second kappa shape index (κ2) is 9.00.